The zero-order chi connectivity index (χ0) is 13.0. The van der Waals surface area contributed by atoms with E-state index in [9.17, 15) is 9.59 Å². The lowest BCUT2D eigenvalue weighted by Gasteiger charge is -2.07. The first-order chi connectivity index (χ1) is 7.91. The van der Waals surface area contributed by atoms with Crippen molar-refractivity contribution in [1.29, 1.82) is 0 Å². The lowest BCUT2D eigenvalue weighted by molar-refractivity contribution is -0.133. The highest BCUT2D eigenvalue weighted by molar-refractivity contribution is 6.08. The van der Waals surface area contributed by atoms with Crippen molar-refractivity contribution in [2.24, 2.45) is 0 Å². The molecule has 0 heterocycles. The van der Waals surface area contributed by atoms with Gasteiger partial charge in [0.25, 0.3) is 5.91 Å². The van der Waals surface area contributed by atoms with Gasteiger partial charge in [0.05, 0.1) is 0 Å². The van der Waals surface area contributed by atoms with Crippen LogP contribution in [0.25, 0.3) is 0 Å². The number of amides is 1. The van der Waals surface area contributed by atoms with E-state index in [0.29, 0.717) is 5.69 Å². The van der Waals surface area contributed by atoms with Gasteiger partial charge in [0.2, 0.25) is 0 Å². The van der Waals surface area contributed by atoms with Crippen molar-refractivity contribution in [3.8, 4) is 0 Å². The van der Waals surface area contributed by atoms with Gasteiger partial charge in [-0.2, -0.15) is 0 Å². The average Bonchev–Trinajstić information content (AvgIpc) is 2.26. The Labute approximate surface area is 100.0 Å². The van der Waals surface area contributed by atoms with Crippen LogP contribution in [0.15, 0.2) is 35.4 Å². The van der Waals surface area contributed by atoms with Crippen molar-refractivity contribution < 1.29 is 14.7 Å². The normalized spacial score (nSPS) is 11.7. The van der Waals surface area contributed by atoms with Crippen LogP contribution < -0.4 is 5.32 Å². The standard InChI is InChI=1S/C13H15NO3/c1-8-5-4-6-11(7-8)14-12(15)9(2)10(3)13(16)17/h4-7H,1-3H3,(H,14,15)(H,16,17)/b10-9-. The number of hydrogen-bond acceptors (Lipinski definition) is 2. The van der Waals surface area contributed by atoms with Crippen LogP contribution in [0.5, 0.6) is 0 Å². The lowest BCUT2D eigenvalue weighted by atomic mass is 10.1. The zero-order valence-corrected chi connectivity index (χ0v) is 10.1. The highest BCUT2D eigenvalue weighted by Crippen LogP contribution is 2.12. The number of carboxylic acid groups (broad SMARTS) is 1. The Kier molecular flexibility index (Phi) is 4.04. The predicted octanol–water partition coefficient (Wildman–Crippen LogP) is 2.35. The molecule has 0 saturated heterocycles. The SMILES string of the molecule is C/C(C(=O)O)=C(\C)C(=O)Nc1cccc(C)c1. The van der Waals surface area contributed by atoms with Crippen LogP contribution in [-0.4, -0.2) is 17.0 Å². The molecule has 0 aromatic heterocycles. The van der Waals surface area contributed by atoms with E-state index in [1.165, 1.54) is 13.8 Å². The molecule has 2 N–H and O–H groups in total. The predicted molar refractivity (Wildman–Crippen MR) is 65.8 cm³/mol. The van der Waals surface area contributed by atoms with Gasteiger partial charge in [0, 0.05) is 16.8 Å². The highest BCUT2D eigenvalue weighted by atomic mass is 16.4. The Hall–Kier alpha value is -2.10. The topological polar surface area (TPSA) is 66.4 Å². The summed E-state index contributed by atoms with van der Waals surface area (Å²) in [6.07, 6.45) is 0. The Morgan fingerprint density at radius 1 is 1.18 bits per heavy atom. The van der Waals surface area contributed by atoms with Crippen molar-refractivity contribution >= 4 is 17.6 Å². The Morgan fingerprint density at radius 2 is 1.82 bits per heavy atom. The Balaban J connectivity index is 2.87. The molecular weight excluding hydrogens is 218 g/mol. The van der Waals surface area contributed by atoms with E-state index in [4.69, 9.17) is 5.11 Å². The van der Waals surface area contributed by atoms with Crippen molar-refractivity contribution in [2.45, 2.75) is 20.8 Å². The maximum Gasteiger partial charge on any atom is 0.331 e. The summed E-state index contributed by atoms with van der Waals surface area (Å²) in [7, 11) is 0. The van der Waals surface area contributed by atoms with Crippen LogP contribution in [0.3, 0.4) is 0 Å². The van der Waals surface area contributed by atoms with Gasteiger partial charge in [0.15, 0.2) is 0 Å². The number of nitrogens with one attached hydrogen (secondary N) is 1. The number of anilines is 1. The third-order valence-electron chi connectivity index (χ3n) is 2.50. The fraction of sp³-hybridized carbons (Fsp3) is 0.231. The molecule has 0 atom stereocenters. The molecule has 0 spiro atoms. The van der Waals surface area contributed by atoms with E-state index in [2.05, 4.69) is 5.32 Å². The molecule has 0 bridgehead atoms. The van der Waals surface area contributed by atoms with E-state index in [1.54, 1.807) is 6.07 Å². The molecule has 0 fully saturated rings. The van der Waals surface area contributed by atoms with E-state index in [1.807, 2.05) is 25.1 Å². The van der Waals surface area contributed by atoms with Crippen LogP contribution in [0, 0.1) is 6.92 Å². The molecule has 1 aromatic carbocycles. The van der Waals surface area contributed by atoms with E-state index in [0.717, 1.165) is 5.56 Å². The smallest absolute Gasteiger partial charge is 0.331 e. The number of carbonyl (C=O) groups excluding carboxylic acids is 1. The van der Waals surface area contributed by atoms with E-state index < -0.39 is 11.9 Å². The van der Waals surface area contributed by atoms with Crippen molar-refractivity contribution in [1.82, 2.24) is 0 Å². The van der Waals surface area contributed by atoms with Gasteiger partial charge < -0.3 is 10.4 Å². The lowest BCUT2D eigenvalue weighted by Crippen LogP contribution is -2.16. The number of rotatable bonds is 3. The van der Waals surface area contributed by atoms with Crippen LogP contribution in [0.1, 0.15) is 19.4 Å². The number of benzene rings is 1. The number of aryl methyl sites for hydroxylation is 1. The number of hydrogen-bond donors (Lipinski definition) is 2. The van der Waals surface area contributed by atoms with Crippen molar-refractivity contribution in [3.05, 3.63) is 41.0 Å². The number of carbonyl (C=O) groups is 2. The Bertz CT molecular complexity index is 489. The second kappa shape index (κ2) is 5.30. The third kappa shape index (κ3) is 3.45. The van der Waals surface area contributed by atoms with Gasteiger partial charge in [0.1, 0.15) is 0 Å². The summed E-state index contributed by atoms with van der Waals surface area (Å²) in [5.74, 6) is -1.47. The molecular formula is C13H15NO3. The Morgan fingerprint density at radius 3 is 2.35 bits per heavy atom. The molecule has 1 rings (SSSR count). The molecule has 0 saturated carbocycles. The van der Waals surface area contributed by atoms with E-state index >= 15 is 0 Å². The van der Waals surface area contributed by atoms with Crippen LogP contribution in [0.2, 0.25) is 0 Å². The molecule has 90 valence electrons. The molecule has 0 aliphatic rings. The quantitative estimate of drug-likeness (QED) is 0.787. The first-order valence-electron chi connectivity index (χ1n) is 5.20. The summed E-state index contributed by atoms with van der Waals surface area (Å²) < 4.78 is 0. The zero-order valence-electron chi connectivity index (χ0n) is 10.1. The van der Waals surface area contributed by atoms with Crippen LogP contribution in [-0.2, 0) is 9.59 Å². The minimum Gasteiger partial charge on any atom is -0.478 e. The highest BCUT2D eigenvalue weighted by Gasteiger charge is 2.12. The molecule has 1 aromatic rings. The van der Waals surface area contributed by atoms with Gasteiger partial charge in [-0.3, -0.25) is 4.79 Å². The summed E-state index contributed by atoms with van der Waals surface area (Å²) in [6.45, 7) is 4.82. The number of carboxylic acids is 1. The molecule has 0 aliphatic heterocycles. The summed E-state index contributed by atoms with van der Waals surface area (Å²) in [5, 5.41) is 11.4. The first kappa shape index (κ1) is 13.0. The maximum atomic E-state index is 11.7. The molecule has 17 heavy (non-hydrogen) atoms. The minimum atomic E-state index is -1.08. The van der Waals surface area contributed by atoms with Crippen LogP contribution >= 0.6 is 0 Å². The second-order valence-electron chi connectivity index (χ2n) is 3.88. The van der Waals surface area contributed by atoms with Gasteiger partial charge in [-0.25, -0.2) is 4.79 Å². The van der Waals surface area contributed by atoms with Crippen molar-refractivity contribution in [2.75, 3.05) is 5.32 Å². The van der Waals surface area contributed by atoms with Crippen molar-refractivity contribution in [3.63, 3.8) is 0 Å². The van der Waals surface area contributed by atoms with Gasteiger partial charge >= 0.3 is 5.97 Å². The van der Waals surface area contributed by atoms with Crippen LogP contribution in [0.4, 0.5) is 5.69 Å². The van der Waals surface area contributed by atoms with Gasteiger partial charge in [-0.05, 0) is 38.5 Å². The summed E-state index contributed by atoms with van der Waals surface area (Å²) >= 11 is 0. The van der Waals surface area contributed by atoms with E-state index in [-0.39, 0.29) is 11.1 Å². The fourth-order valence-electron chi connectivity index (χ4n) is 1.28. The molecule has 0 radical (unpaired) electrons. The monoisotopic (exact) mass is 233 g/mol. The fourth-order valence-corrected chi connectivity index (χ4v) is 1.28. The largest absolute Gasteiger partial charge is 0.478 e. The second-order valence-corrected chi connectivity index (χ2v) is 3.88. The molecule has 0 unspecified atom stereocenters. The summed E-state index contributed by atoms with van der Waals surface area (Å²) in [5.41, 5.74) is 1.95. The molecule has 4 heteroatoms. The van der Waals surface area contributed by atoms with Gasteiger partial charge in [-0.1, -0.05) is 12.1 Å². The average molecular weight is 233 g/mol. The minimum absolute atomic E-state index is 0.0511. The molecule has 4 nitrogen and oxygen atoms in total. The summed E-state index contributed by atoms with van der Waals surface area (Å²) in [4.78, 5) is 22.5. The number of aliphatic carboxylic acids is 1. The third-order valence-corrected chi connectivity index (χ3v) is 2.50. The summed E-state index contributed by atoms with van der Waals surface area (Å²) in [6, 6.07) is 7.32. The molecule has 0 aliphatic carbocycles. The van der Waals surface area contributed by atoms with Gasteiger partial charge in [-0.15, -0.1) is 0 Å². The maximum absolute atomic E-state index is 11.7. The first-order valence-corrected chi connectivity index (χ1v) is 5.20. The molecule has 1 amide bonds.